The SMILES string of the molecule is Nc1nc(N)nc(CN2CCc3ccccc32)n1. The van der Waals surface area contributed by atoms with Gasteiger partial charge in [0, 0.05) is 12.2 Å². The summed E-state index contributed by atoms with van der Waals surface area (Å²) in [6.45, 7) is 1.57. The highest BCUT2D eigenvalue weighted by Crippen LogP contribution is 2.28. The number of para-hydroxylation sites is 1. The van der Waals surface area contributed by atoms with Crippen LogP contribution in [0.3, 0.4) is 0 Å². The number of rotatable bonds is 2. The van der Waals surface area contributed by atoms with Gasteiger partial charge in [-0.05, 0) is 18.1 Å². The Morgan fingerprint density at radius 1 is 1.06 bits per heavy atom. The predicted molar refractivity (Wildman–Crippen MR) is 69.8 cm³/mol. The summed E-state index contributed by atoms with van der Waals surface area (Å²) < 4.78 is 0. The average molecular weight is 242 g/mol. The van der Waals surface area contributed by atoms with E-state index in [4.69, 9.17) is 11.5 Å². The number of benzene rings is 1. The van der Waals surface area contributed by atoms with Crippen LogP contribution in [-0.4, -0.2) is 21.5 Å². The van der Waals surface area contributed by atoms with Crippen molar-refractivity contribution in [3.05, 3.63) is 35.7 Å². The molecule has 1 aromatic carbocycles. The van der Waals surface area contributed by atoms with Crippen molar-refractivity contribution in [1.82, 2.24) is 15.0 Å². The van der Waals surface area contributed by atoms with Crippen molar-refractivity contribution >= 4 is 17.6 Å². The molecule has 3 rings (SSSR count). The number of hydrogen-bond acceptors (Lipinski definition) is 6. The summed E-state index contributed by atoms with van der Waals surface area (Å²) in [4.78, 5) is 14.2. The number of hydrogen-bond donors (Lipinski definition) is 2. The van der Waals surface area contributed by atoms with Crippen LogP contribution in [0.2, 0.25) is 0 Å². The molecule has 18 heavy (non-hydrogen) atoms. The van der Waals surface area contributed by atoms with Crippen LogP contribution in [0.15, 0.2) is 24.3 Å². The number of fused-ring (bicyclic) bond motifs is 1. The molecule has 2 heterocycles. The number of anilines is 3. The molecule has 2 aromatic rings. The fourth-order valence-electron chi connectivity index (χ4n) is 2.27. The Balaban J connectivity index is 1.86. The van der Waals surface area contributed by atoms with E-state index in [-0.39, 0.29) is 11.9 Å². The molecule has 0 spiro atoms. The van der Waals surface area contributed by atoms with Gasteiger partial charge in [0.2, 0.25) is 11.9 Å². The molecule has 6 nitrogen and oxygen atoms in total. The molecule has 6 heteroatoms. The second-order valence-corrected chi connectivity index (χ2v) is 4.27. The first-order valence-corrected chi connectivity index (χ1v) is 5.81. The van der Waals surface area contributed by atoms with Crippen molar-refractivity contribution in [2.45, 2.75) is 13.0 Å². The van der Waals surface area contributed by atoms with Gasteiger partial charge in [-0.15, -0.1) is 0 Å². The molecular formula is C12H14N6. The normalized spacial score (nSPS) is 13.7. The first-order chi connectivity index (χ1) is 8.72. The van der Waals surface area contributed by atoms with Gasteiger partial charge in [0.15, 0.2) is 5.82 Å². The fourth-order valence-corrected chi connectivity index (χ4v) is 2.27. The molecule has 0 bridgehead atoms. The third kappa shape index (κ3) is 1.92. The highest BCUT2D eigenvalue weighted by Gasteiger charge is 2.19. The van der Waals surface area contributed by atoms with Gasteiger partial charge in [-0.2, -0.15) is 15.0 Å². The smallest absolute Gasteiger partial charge is 0.225 e. The molecule has 4 N–H and O–H groups in total. The fraction of sp³-hybridized carbons (Fsp3) is 0.250. The standard InChI is InChI=1S/C12H14N6/c13-11-15-10(16-12(14)17-11)7-18-6-5-8-3-1-2-4-9(8)18/h1-4H,5-7H2,(H4,13,14,15,16,17). The van der Waals surface area contributed by atoms with Gasteiger partial charge >= 0.3 is 0 Å². The molecular weight excluding hydrogens is 228 g/mol. The van der Waals surface area contributed by atoms with Gasteiger partial charge in [-0.25, -0.2) is 0 Å². The van der Waals surface area contributed by atoms with E-state index in [0.717, 1.165) is 13.0 Å². The quantitative estimate of drug-likeness (QED) is 0.800. The Hall–Kier alpha value is -2.37. The minimum atomic E-state index is 0.171. The summed E-state index contributed by atoms with van der Waals surface area (Å²) in [5, 5.41) is 0. The largest absolute Gasteiger partial charge is 0.368 e. The second kappa shape index (κ2) is 4.14. The third-order valence-corrected chi connectivity index (χ3v) is 3.03. The maximum Gasteiger partial charge on any atom is 0.225 e. The lowest BCUT2D eigenvalue weighted by atomic mass is 10.2. The van der Waals surface area contributed by atoms with Gasteiger partial charge in [0.05, 0.1) is 6.54 Å². The van der Waals surface area contributed by atoms with Crippen molar-refractivity contribution in [3.63, 3.8) is 0 Å². The first kappa shape index (κ1) is 10.8. The zero-order chi connectivity index (χ0) is 12.5. The summed E-state index contributed by atoms with van der Waals surface area (Å²) in [6, 6.07) is 8.34. The molecule has 92 valence electrons. The van der Waals surface area contributed by atoms with Gasteiger partial charge in [0.25, 0.3) is 0 Å². The number of nitrogens with two attached hydrogens (primary N) is 2. The van der Waals surface area contributed by atoms with E-state index in [1.807, 2.05) is 6.07 Å². The predicted octanol–water partition coefficient (Wildman–Crippen LogP) is 0.599. The van der Waals surface area contributed by atoms with Crippen molar-refractivity contribution in [1.29, 1.82) is 0 Å². The average Bonchev–Trinajstić information content (AvgIpc) is 2.72. The zero-order valence-corrected chi connectivity index (χ0v) is 9.87. The van der Waals surface area contributed by atoms with Gasteiger partial charge < -0.3 is 16.4 Å². The first-order valence-electron chi connectivity index (χ1n) is 5.81. The Labute approximate surface area is 105 Å². The maximum atomic E-state index is 5.57. The minimum Gasteiger partial charge on any atom is -0.368 e. The molecule has 1 aromatic heterocycles. The van der Waals surface area contributed by atoms with Gasteiger partial charge in [-0.3, -0.25) is 0 Å². The van der Waals surface area contributed by atoms with E-state index >= 15 is 0 Å². The lowest BCUT2D eigenvalue weighted by Crippen LogP contribution is -2.22. The molecule has 0 radical (unpaired) electrons. The molecule has 0 saturated carbocycles. The summed E-state index contributed by atoms with van der Waals surface area (Å²) in [5.41, 5.74) is 13.7. The molecule has 1 aliphatic heterocycles. The second-order valence-electron chi connectivity index (χ2n) is 4.27. The summed E-state index contributed by atoms with van der Waals surface area (Å²) in [5.74, 6) is 0.951. The van der Waals surface area contributed by atoms with Gasteiger partial charge in [0.1, 0.15) is 0 Å². The van der Waals surface area contributed by atoms with E-state index in [1.165, 1.54) is 11.3 Å². The Morgan fingerprint density at radius 3 is 2.56 bits per heavy atom. The number of aromatic nitrogens is 3. The molecule has 0 aliphatic carbocycles. The van der Waals surface area contributed by atoms with Gasteiger partial charge in [-0.1, -0.05) is 18.2 Å². The van der Waals surface area contributed by atoms with Crippen molar-refractivity contribution in [3.8, 4) is 0 Å². The molecule has 0 unspecified atom stereocenters. The van der Waals surface area contributed by atoms with E-state index in [1.54, 1.807) is 0 Å². The maximum absolute atomic E-state index is 5.57. The molecule has 1 aliphatic rings. The molecule has 0 atom stereocenters. The molecule has 0 fully saturated rings. The van der Waals surface area contributed by atoms with Crippen LogP contribution < -0.4 is 16.4 Å². The van der Waals surface area contributed by atoms with Crippen LogP contribution in [0, 0.1) is 0 Å². The third-order valence-electron chi connectivity index (χ3n) is 3.03. The Morgan fingerprint density at radius 2 is 1.78 bits per heavy atom. The van der Waals surface area contributed by atoms with Crippen LogP contribution in [0.4, 0.5) is 17.6 Å². The van der Waals surface area contributed by atoms with E-state index in [0.29, 0.717) is 12.4 Å². The molecule has 0 saturated heterocycles. The lowest BCUT2D eigenvalue weighted by molar-refractivity contribution is 0.781. The van der Waals surface area contributed by atoms with Crippen molar-refractivity contribution in [2.24, 2.45) is 0 Å². The van der Waals surface area contributed by atoms with E-state index in [9.17, 15) is 0 Å². The minimum absolute atomic E-state index is 0.171. The zero-order valence-electron chi connectivity index (χ0n) is 9.87. The van der Waals surface area contributed by atoms with Crippen molar-refractivity contribution < 1.29 is 0 Å². The van der Waals surface area contributed by atoms with E-state index in [2.05, 4.69) is 38.1 Å². The summed E-state index contributed by atoms with van der Waals surface area (Å²) in [6.07, 6.45) is 1.05. The Kier molecular flexibility index (Phi) is 2.47. The lowest BCUT2D eigenvalue weighted by Gasteiger charge is -2.18. The summed E-state index contributed by atoms with van der Waals surface area (Å²) in [7, 11) is 0. The van der Waals surface area contributed by atoms with Crippen molar-refractivity contribution in [2.75, 3.05) is 22.9 Å². The van der Waals surface area contributed by atoms with Crippen LogP contribution in [0.1, 0.15) is 11.4 Å². The number of nitrogen functional groups attached to an aromatic ring is 2. The highest BCUT2D eigenvalue weighted by molar-refractivity contribution is 5.57. The molecule has 0 amide bonds. The van der Waals surface area contributed by atoms with Crippen LogP contribution >= 0.6 is 0 Å². The monoisotopic (exact) mass is 242 g/mol. The van der Waals surface area contributed by atoms with E-state index < -0.39 is 0 Å². The van der Waals surface area contributed by atoms with Crippen LogP contribution in [-0.2, 0) is 13.0 Å². The summed E-state index contributed by atoms with van der Waals surface area (Å²) >= 11 is 0. The highest BCUT2D eigenvalue weighted by atomic mass is 15.2. The number of nitrogens with zero attached hydrogens (tertiary/aromatic N) is 4. The topological polar surface area (TPSA) is 93.9 Å². The Bertz CT molecular complexity index is 562. The van der Waals surface area contributed by atoms with Crippen LogP contribution in [0.25, 0.3) is 0 Å². The van der Waals surface area contributed by atoms with Crippen LogP contribution in [0.5, 0.6) is 0 Å².